The van der Waals surface area contributed by atoms with Crippen molar-refractivity contribution >= 4 is 11.6 Å². The van der Waals surface area contributed by atoms with Gasteiger partial charge in [-0.15, -0.1) is 0 Å². The predicted molar refractivity (Wildman–Crippen MR) is 90.3 cm³/mol. The van der Waals surface area contributed by atoms with Gasteiger partial charge in [0, 0.05) is 11.1 Å². The molecule has 1 aromatic rings. The Bertz CT molecular complexity index is 439. The van der Waals surface area contributed by atoms with Gasteiger partial charge in [-0.1, -0.05) is 46.2 Å². The number of hydrogen-bond donors (Lipinski definition) is 1. The van der Waals surface area contributed by atoms with E-state index < -0.39 is 0 Å². The molecule has 0 spiro atoms. The van der Waals surface area contributed by atoms with Gasteiger partial charge in [-0.05, 0) is 60.9 Å². The van der Waals surface area contributed by atoms with E-state index in [1.807, 2.05) is 0 Å². The fraction of sp³-hybridized carbons (Fsp3) is 0.667. The van der Waals surface area contributed by atoms with Crippen LogP contribution in [0, 0.1) is 17.2 Å². The molecular weight excluding hydrogens is 285 g/mol. The van der Waals surface area contributed by atoms with Gasteiger partial charge in [-0.3, -0.25) is 0 Å². The summed E-state index contributed by atoms with van der Waals surface area (Å²) < 4.78 is 13.6. The topological polar surface area (TPSA) is 12.0 Å². The van der Waals surface area contributed by atoms with Crippen molar-refractivity contribution in [2.75, 3.05) is 6.54 Å². The number of nitrogens with one attached hydrogen (secondary N) is 1. The second kappa shape index (κ2) is 8.14. The second-order valence-electron chi connectivity index (χ2n) is 7.28. The summed E-state index contributed by atoms with van der Waals surface area (Å²) in [6, 6.07) is 4.76. The number of benzene rings is 1. The fourth-order valence-corrected chi connectivity index (χ4v) is 3.20. The molecule has 2 atom stereocenters. The van der Waals surface area contributed by atoms with Gasteiger partial charge in [0.15, 0.2) is 0 Å². The molecule has 120 valence electrons. The van der Waals surface area contributed by atoms with Crippen LogP contribution in [0.4, 0.5) is 4.39 Å². The predicted octanol–water partition coefficient (Wildman–Crippen LogP) is 5.98. The molecule has 0 amide bonds. The van der Waals surface area contributed by atoms with E-state index in [1.54, 1.807) is 12.1 Å². The Hall–Kier alpha value is -0.600. The lowest BCUT2D eigenvalue weighted by atomic mass is 9.82. The first-order valence-electron chi connectivity index (χ1n) is 7.91. The first-order valence-corrected chi connectivity index (χ1v) is 8.29. The molecule has 3 heteroatoms. The van der Waals surface area contributed by atoms with Crippen LogP contribution in [0.3, 0.4) is 0 Å². The third kappa shape index (κ3) is 6.80. The lowest BCUT2D eigenvalue weighted by Gasteiger charge is -2.28. The lowest BCUT2D eigenvalue weighted by molar-refractivity contribution is 0.275. The third-order valence-corrected chi connectivity index (χ3v) is 3.92. The standard InChI is InChI=1S/C18H29ClFN/c1-6-9-21-17(10-13(2)12-18(3,4)5)15-11-14(20)7-8-16(15)19/h7-8,11,13,17,21H,6,9-10,12H2,1-5H3. The zero-order valence-corrected chi connectivity index (χ0v) is 14.7. The van der Waals surface area contributed by atoms with Crippen LogP contribution in [0.5, 0.6) is 0 Å². The monoisotopic (exact) mass is 313 g/mol. The highest BCUT2D eigenvalue weighted by Crippen LogP contribution is 2.33. The summed E-state index contributed by atoms with van der Waals surface area (Å²) in [6.45, 7) is 12.1. The number of hydrogen-bond acceptors (Lipinski definition) is 1. The van der Waals surface area contributed by atoms with Gasteiger partial charge >= 0.3 is 0 Å². The lowest BCUT2D eigenvalue weighted by Crippen LogP contribution is -2.25. The minimum atomic E-state index is -0.221. The molecule has 0 aliphatic carbocycles. The number of rotatable bonds is 7. The van der Waals surface area contributed by atoms with Gasteiger partial charge in [0.05, 0.1) is 0 Å². The van der Waals surface area contributed by atoms with E-state index in [0.717, 1.165) is 31.4 Å². The molecule has 1 N–H and O–H groups in total. The molecule has 0 bridgehead atoms. The first kappa shape index (κ1) is 18.4. The molecule has 0 fully saturated rings. The Morgan fingerprint density at radius 3 is 2.52 bits per heavy atom. The molecule has 0 aliphatic heterocycles. The van der Waals surface area contributed by atoms with Gasteiger partial charge in [0.25, 0.3) is 0 Å². The highest BCUT2D eigenvalue weighted by Gasteiger charge is 2.21. The molecule has 2 unspecified atom stereocenters. The zero-order valence-electron chi connectivity index (χ0n) is 14.0. The maximum atomic E-state index is 13.6. The molecule has 0 aliphatic rings. The summed E-state index contributed by atoms with van der Waals surface area (Å²) in [6.07, 6.45) is 3.17. The van der Waals surface area contributed by atoms with Gasteiger partial charge in [0.1, 0.15) is 5.82 Å². The van der Waals surface area contributed by atoms with Gasteiger partial charge in [-0.2, -0.15) is 0 Å². The largest absolute Gasteiger partial charge is 0.310 e. The van der Waals surface area contributed by atoms with E-state index in [0.29, 0.717) is 16.4 Å². The first-order chi connectivity index (χ1) is 9.73. The minimum Gasteiger partial charge on any atom is -0.310 e. The van der Waals surface area contributed by atoms with Crippen molar-refractivity contribution in [3.63, 3.8) is 0 Å². The minimum absolute atomic E-state index is 0.116. The van der Waals surface area contributed by atoms with Gasteiger partial charge in [0.2, 0.25) is 0 Å². The van der Waals surface area contributed by atoms with Crippen molar-refractivity contribution in [3.05, 3.63) is 34.6 Å². The van der Waals surface area contributed by atoms with Crippen molar-refractivity contribution in [2.45, 2.75) is 59.9 Å². The van der Waals surface area contributed by atoms with Gasteiger partial charge < -0.3 is 5.32 Å². The molecule has 1 rings (SSSR count). The highest BCUT2D eigenvalue weighted by molar-refractivity contribution is 6.31. The maximum Gasteiger partial charge on any atom is 0.123 e. The molecule has 21 heavy (non-hydrogen) atoms. The van der Waals surface area contributed by atoms with Gasteiger partial charge in [-0.25, -0.2) is 4.39 Å². The molecule has 0 heterocycles. The van der Waals surface area contributed by atoms with E-state index >= 15 is 0 Å². The van der Waals surface area contributed by atoms with E-state index in [1.165, 1.54) is 6.07 Å². The van der Waals surface area contributed by atoms with Crippen LogP contribution in [0.1, 0.15) is 65.5 Å². The van der Waals surface area contributed by atoms with E-state index in [-0.39, 0.29) is 11.9 Å². The molecule has 1 nitrogen and oxygen atoms in total. The fourth-order valence-electron chi connectivity index (χ4n) is 2.95. The third-order valence-electron chi connectivity index (χ3n) is 3.57. The Kier molecular flexibility index (Phi) is 7.15. The van der Waals surface area contributed by atoms with Crippen LogP contribution in [0.15, 0.2) is 18.2 Å². The highest BCUT2D eigenvalue weighted by atomic mass is 35.5. The molecular formula is C18H29ClFN. The summed E-state index contributed by atoms with van der Waals surface area (Å²) in [7, 11) is 0. The van der Waals surface area contributed by atoms with Crippen LogP contribution in [-0.2, 0) is 0 Å². The van der Waals surface area contributed by atoms with Crippen LogP contribution < -0.4 is 5.32 Å². The summed E-state index contributed by atoms with van der Waals surface area (Å²) in [5, 5.41) is 4.17. The van der Waals surface area contributed by atoms with Crippen molar-refractivity contribution in [1.29, 1.82) is 0 Å². The zero-order chi connectivity index (χ0) is 16.0. The molecule has 0 saturated carbocycles. The SMILES string of the molecule is CCCNC(CC(C)CC(C)(C)C)c1cc(F)ccc1Cl. The van der Waals surface area contributed by atoms with Crippen LogP contribution in [0.2, 0.25) is 5.02 Å². The second-order valence-corrected chi connectivity index (χ2v) is 7.69. The smallest absolute Gasteiger partial charge is 0.123 e. The average molecular weight is 314 g/mol. The van der Waals surface area contributed by atoms with E-state index in [9.17, 15) is 4.39 Å². The quantitative estimate of drug-likeness (QED) is 0.652. The number of halogens is 2. The van der Waals surface area contributed by atoms with Crippen molar-refractivity contribution in [3.8, 4) is 0 Å². The van der Waals surface area contributed by atoms with E-state index in [4.69, 9.17) is 11.6 Å². The summed E-state index contributed by atoms with van der Waals surface area (Å²) in [5.74, 6) is 0.333. The molecule has 0 saturated heterocycles. The maximum absolute atomic E-state index is 13.6. The Morgan fingerprint density at radius 1 is 1.29 bits per heavy atom. The van der Waals surface area contributed by atoms with Crippen LogP contribution in [0.25, 0.3) is 0 Å². The van der Waals surface area contributed by atoms with Crippen molar-refractivity contribution < 1.29 is 4.39 Å². The Balaban J connectivity index is 2.87. The molecule has 0 aromatic heterocycles. The van der Waals surface area contributed by atoms with E-state index in [2.05, 4.69) is 39.9 Å². The van der Waals surface area contributed by atoms with Crippen LogP contribution >= 0.6 is 11.6 Å². The Labute approximate surface area is 134 Å². The molecule has 1 aromatic carbocycles. The summed E-state index contributed by atoms with van der Waals surface area (Å²) in [5.41, 5.74) is 1.19. The Morgan fingerprint density at radius 2 is 1.95 bits per heavy atom. The van der Waals surface area contributed by atoms with Crippen LogP contribution in [-0.4, -0.2) is 6.54 Å². The average Bonchev–Trinajstić information content (AvgIpc) is 2.35. The van der Waals surface area contributed by atoms with Crippen molar-refractivity contribution in [1.82, 2.24) is 5.32 Å². The summed E-state index contributed by atoms with van der Waals surface area (Å²) in [4.78, 5) is 0. The van der Waals surface area contributed by atoms with Crippen molar-refractivity contribution in [2.24, 2.45) is 11.3 Å². The molecule has 0 radical (unpaired) electrons. The summed E-state index contributed by atoms with van der Waals surface area (Å²) >= 11 is 6.28. The normalized spacial score (nSPS) is 15.0.